The maximum Gasteiger partial charge on any atom is 0.0673 e. The standard InChI is InChI=1S/C14H20ClNO2/c1-11(12-3-2-4-13(15)7-12)8-16-14(9-17)5-6-18-10-14/h2-4,7,11,16-17H,5-6,8-10H2,1H3/t11-,14+/m0/s1. The molecule has 18 heavy (non-hydrogen) atoms. The van der Waals surface area contributed by atoms with Crippen LogP contribution < -0.4 is 5.32 Å². The lowest BCUT2D eigenvalue weighted by Gasteiger charge is -2.28. The maximum atomic E-state index is 9.48. The molecule has 0 saturated carbocycles. The van der Waals surface area contributed by atoms with Crippen molar-refractivity contribution in [1.82, 2.24) is 5.32 Å². The van der Waals surface area contributed by atoms with Gasteiger partial charge in [-0.1, -0.05) is 30.7 Å². The Labute approximate surface area is 113 Å². The Morgan fingerprint density at radius 1 is 1.56 bits per heavy atom. The van der Waals surface area contributed by atoms with Crippen molar-refractivity contribution < 1.29 is 9.84 Å². The molecule has 0 aromatic heterocycles. The van der Waals surface area contributed by atoms with Gasteiger partial charge in [0.05, 0.1) is 18.8 Å². The molecule has 0 aliphatic carbocycles. The van der Waals surface area contributed by atoms with E-state index in [1.807, 2.05) is 18.2 Å². The van der Waals surface area contributed by atoms with E-state index >= 15 is 0 Å². The minimum absolute atomic E-state index is 0.120. The van der Waals surface area contributed by atoms with Gasteiger partial charge in [0.25, 0.3) is 0 Å². The monoisotopic (exact) mass is 269 g/mol. The summed E-state index contributed by atoms with van der Waals surface area (Å²) < 4.78 is 5.36. The highest BCUT2D eigenvalue weighted by Crippen LogP contribution is 2.22. The van der Waals surface area contributed by atoms with E-state index in [4.69, 9.17) is 16.3 Å². The van der Waals surface area contributed by atoms with Crippen LogP contribution in [0.3, 0.4) is 0 Å². The molecule has 3 nitrogen and oxygen atoms in total. The second kappa shape index (κ2) is 6.02. The zero-order valence-electron chi connectivity index (χ0n) is 10.7. The van der Waals surface area contributed by atoms with Gasteiger partial charge >= 0.3 is 0 Å². The van der Waals surface area contributed by atoms with Crippen molar-refractivity contribution in [3.05, 3.63) is 34.9 Å². The molecule has 1 saturated heterocycles. The molecule has 2 atom stereocenters. The van der Waals surface area contributed by atoms with E-state index in [1.54, 1.807) is 0 Å². The molecule has 0 radical (unpaired) electrons. The largest absolute Gasteiger partial charge is 0.394 e. The van der Waals surface area contributed by atoms with Crippen molar-refractivity contribution in [3.8, 4) is 0 Å². The Balaban J connectivity index is 1.93. The first-order valence-corrected chi connectivity index (χ1v) is 6.72. The van der Waals surface area contributed by atoms with Gasteiger partial charge in [-0.25, -0.2) is 0 Å². The number of aliphatic hydroxyl groups excluding tert-OH is 1. The zero-order valence-corrected chi connectivity index (χ0v) is 11.4. The van der Waals surface area contributed by atoms with Crippen LogP contribution in [0.1, 0.15) is 24.8 Å². The number of halogens is 1. The molecule has 2 N–H and O–H groups in total. The maximum absolute atomic E-state index is 9.48. The van der Waals surface area contributed by atoms with Gasteiger partial charge in [-0.2, -0.15) is 0 Å². The average molecular weight is 270 g/mol. The highest BCUT2D eigenvalue weighted by Gasteiger charge is 2.33. The van der Waals surface area contributed by atoms with Crippen LogP contribution in [0.4, 0.5) is 0 Å². The normalized spacial score (nSPS) is 25.3. The summed E-state index contributed by atoms with van der Waals surface area (Å²) in [4.78, 5) is 0. The Morgan fingerprint density at radius 2 is 2.39 bits per heavy atom. The fraction of sp³-hybridized carbons (Fsp3) is 0.571. The van der Waals surface area contributed by atoms with Gasteiger partial charge < -0.3 is 15.2 Å². The first-order chi connectivity index (χ1) is 8.65. The van der Waals surface area contributed by atoms with E-state index in [2.05, 4.69) is 18.3 Å². The Kier molecular flexibility index (Phi) is 4.62. The van der Waals surface area contributed by atoms with Gasteiger partial charge in [-0.3, -0.25) is 0 Å². The summed E-state index contributed by atoms with van der Waals surface area (Å²) in [5, 5.41) is 13.7. The van der Waals surface area contributed by atoms with Crippen LogP contribution in [-0.2, 0) is 4.74 Å². The highest BCUT2D eigenvalue weighted by molar-refractivity contribution is 6.30. The molecule has 1 aliphatic heterocycles. The lowest BCUT2D eigenvalue weighted by atomic mass is 9.96. The molecule has 0 unspecified atom stereocenters. The van der Waals surface area contributed by atoms with Crippen LogP contribution in [0.2, 0.25) is 5.02 Å². The van der Waals surface area contributed by atoms with Crippen LogP contribution >= 0.6 is 11.6 Å². The number of hydrogen-bond acceptors (Lipinski definition) is 3. The molecular formula is C14H20ClNO2. The van der Waals surface area contributed by atoms with Crippen molar-refractivity contribution >= 4 is 11.6 Å². The first kappa shape index (κ1) is 13.8. The fourth-order valence-corrected chi connectivity index (χ4v) is 2.43. The van der Waals surface area contributed by atoms with Gasteiger partial charge in [-0.15, -0.1) is 0 Å². The van der Waals surface area contributed by atoms with E-state index < -0.39 is 0 Å². The summed E-state index contributed by atoms with van der Waals surface area (Å²) in [6.45, 7) is 4.39. The summed E-state index contributed by atoms with van der Waals surface area (Å²) in [6, 6.07) is 7.92. The molecule has 1 aromatic carbocycles. The molecule has 100 valence electrons. The third-order valence-corrected chi connectivity index (χ3v) is 3.84. The highest BCUT2D eigenvalue weighted by atomic mass is 35.5. The summed E-state index contributed by atoms with van der Waals surface area (Å²) >= 11 is 5.99. The summed E-state index contributed by atoms with van der Waals surface area (Å²) in [5.41, 5.74) is 0.953. The molecule has 2 rings (SSSR count). The SMILES string of the molecule is C[C@@H](CN[C@@]1(CO)CCOC1)c1cccc(Cl)c1. The Hall–Kier alpha value is -0.610. The Bertz CT molecular complexity index is 391. The van der Waals surface area contributed by atoms with Crippen molar-refractivity contribution in [2.45, 2.75) is 24.8 Å². The molecule has 0 bridgehead atoms. The molecule has 0 spiro atoms. The molecule has 1 heterocycles. The molecule has 4 heteroatoms. The van der Waals surface area contributed by atoms with Gasteiger partial charge in [-0.05, 0) is 30.0 Å². The number of aliphatic hydroxyl groups is 1. The predicted molar refractivity (Wildman–Crippen MR) is 73.1 cm³/mol. The molecule has 1 fully saturated rings. The Morgan fingerprint density at radius 3 is 3.00 bits per heavy atom. The van der Waals surface area contributed by atoms with Gasteiger partial charge in [0, 0.05) is 18.2 Å². The van der Waals surface area contributed by atoms with Crippen molar-refractivity contribution in [3.63, 3.8) is 0 Å². The van der Waals surface area contributed by atoms with Gasteiger partial charge in [0.1, 0.15) is 0 Å². The molecule has 1 aromatic rings. The second-order valence-corrected chi connectivity index (χ2v) is 5.51. The second-order valence-electron chi connectivity index (χ2n) is 5.08. The van der Waals surface area contributed by atoms with E-state index in [1.165, 1.54) is 5.56 Å². The van der Waals surface area contributed by atoms with E-state index in [-0.39, 0.29) is 12.1 Å². The van der Waals surface area contributed by atoms with Crippen molar-refractivity contribution in [1.29, 1.82) is 0 Å². The number of nitrogens with one attached hydrogen (secondary N) is 1. The number of hydrogen-bond donors (Lipinski definition) is 2. The van der Waals surface area contributed by atoms with Crippen LogP contribution in [-0.4, -0.2) is 37.0 Å². The van der Waals surface area contributed by atoms with Crippen molar-refractivity contribution in [2.24, 2.45) is 0 Å². The third kappa shape index (κ3) is 3.23. The van der Waals surface area contributed by atoms with Crippen LogP contribution in [0.25, 0.3) is 0 Å². The van der Waals surface area contributed by atoms with E-state index in [9.17, 15) is 5.11 Å². The minimum Gasteiger partial charge on any atom is -0.394 e. The number of ether oxygens (including phenoxy) is 1. The zero-order chi connectivity index (χ0) is 13.0. The summed E-state index contributed by atoms with van der Waals surface area (Å²) in [5.74, 6) is 0.354. The lowest BCUT2D eigenvalue weighted by molar-refractivity contribution is 0.120. The lowest BCUT2D eigenvalue weighted by Crippen LogP contribution is -2.50. The smallest absolute Gasteiger partial charge is 0.0673 e. The third-order valence-electron chi connectivity index (χ3n) is 3.61. The topological polar surface area (TPSA) is 41.5 Å². The first-order valence-electron chi connectivity index (χ1n) is 6.34. The minimum atomic E-state index is -0.257. The quantitative estimate of drug-likeness (QED) is 0.861. The van der Waals surface area contributed by atoms with E-state index in [0.717, 1.165) is 24.6 Å². The van der Waals surface area contributed by atoms with Crippen LogP contribution in [0, 0.1) is 0 Å². The van der Waals surface area contributed by atoms with E-state index in [0.29, 0.717) is 12.5 Å². The average Bonchev–Trinajstić information content (AvgIpc) is 2.85. The summed E-state index contributed by atoms with van der Waals surface area (Å²) in [6.07, 6.45) is 0.867. The summed E-state index contributed by atoms with van der Waals surface area (Å²) in [7, 11) is 0. The van der Waals surface area contributed by atoms with Crippen LogP contribution in [0.15, 0.2) is 24.3 Å². The van der Waals surface area contributed by atoms with Crippen LogP contribution in [0.5, 0.6) is 0 Å². The number of rotatable bonds is 5. The van der Waals surface area contributed by atoms with Crippen molar-refractivity contribution in [2.75, 3.05) is 26.4 Å². The number of benzene rings is 1. The van der Waals surface area contributed by atoms with Gasteiger partial charge in [0.15, 0.2) is 0 Å². The fourth-order valence-electron chi connectivity index (χ4n) is 2.23. The molecule has 0 amide bonds. The molecular weight excluding hydrogens is 250 g/mol. The molecule has 1 aliphatic rings. The predicted octanol–water partition coefficient (Wildman–Crippen LogP) is 2.18. The van der Waals surface area contributed by atoms with Gasteiger partial charge in [0.2, 0.25) is 0 Å².